The second-order valence-corrected chi connectivity index (χ2v) is 2.54. The van der Waals surface area contributed by atoms with E-state index in [4.69, 9.17) is 2.74 Å². The van der Waals surface area contributed by atoms with Gasteiger partial charge in [-0.2, -0.15) is 0 Å². The van der Waals surface area contributed by atoms with Crippen molar-refractivity contribution in [2.24, 2.45) is 5.41 Å². The van der Waals surface area contributed by atoms with Crippen LogP contribution in [0.3, 0.4) is 0 Å². The molecule has 0 saturated heterocycles. The normalized spacial score (nSPS) is 53.4. The van der Waals surface area contributed by atoms with E-state index >= 15 is 0 Å². The SMILES string of the molecule is [2H][C@@H]1[CH]C(C)(C)[CH][C@@H]1[2H]. The molecule has 1 aliphatic rings. The summed E-state index contributed by atoms with van der Waals surface area (Å²) < 4.78 is 14.6. The van der Waals surface area contributed by atoms with Crippen molar-refractivity contribution in [2.75, 3.05) is 0 Å². The van der Waals surface area contributed by atoms with E-state index in [1.165, 1.54) is 0 Å². The lowest BCUT2D eigenvalue weighted by atomic mass is 9.92. The summed E-state index contributed by atoms with van der Waals surface area (Å²) in [5, 5.41) is 0. The summed E-state index contributed by atoms with van der Waals surface area (Å²) in [5.41, 5.74) is 0.0127. The third kappa shape index (κ3) is 1.19. The Morgan fingerprint density at radius 1 is 1.43 bits per heavy atom. The van der Waals surface area contributed by atoms with Gasteiger partial charge in [0, 0.05) is 2.74 Å². The fraction of sp³-hybridized carbons (Fsp3) is 0.714. The van der Waals surface area contributed by atoms with Crippen molar-refractivity contribution < 1.29 is 2.74 Å². The third-order valence-corrected chi connectivity index (χ3v) is 1.16. The molecule has 2 atom stereocenters. The summed E-state index contributed by atoms with van der Waals surface area (Å²) in [5.74, 6) is 0. The van der Waals surface area contributed by atoms with E-state index in [1.54, 1.807) is 0 Å². The molecule has 0 heterocycles. The quantitative estimate of drug-likeness (QED) is 0.436. The van der Waals surface area contributed by atoms with E-state index in [-0.39, 0.29) is 18.2 Å². The topological polar surface area (TPSA) is 0 Å². The summed E-state index contributed by atoms with van der Waals surface area (Å²) in [7, 11) is 0. The maximum Gasteiger partial charge on any atom is 0.0270 e. The second kappa shape index (κ2) is 1.50. The summed E-state index contributed by atoms with van der Waals surface area (Å²) >= 11 is 0. The zero-order valence-electron chi connectivity index (χ0n) is 6.81. The molecule has 7 heavy (non-hydrogen) atoms. The molecule has 1 rings (SSSR count). The van der Waals surface area contributed by atoms with Crippen LogP contribution in [0.2, 0.25) is 0 Å². The van der Waals surface area contributed by atoms with E-state index in [0.717, 1.165) is 0 Å². The van der Waals surface area contributed by atoms with Gasteiger partial charge in [0.05, 0.1) is 0 Å². The lowest BCUT2D eigenvalue weighted by Crippen LogP contribution is -2.03. The van der Waals surface area contributed by atoms with Crippen molar-refractivity contribution in [1.82, 2.24) is 0 Å². The molecule has 0 heteroatoms. The van der Waals surface area contributed by atoms with E-state index in [2.05, 4.69) is 0 Å². The van der Waals surface area contributed by atoms with Crippen molar-refractivity contribution in [3.05, 3.63) is 12.8 Å². The van der Waals surface area contributed by atoms with Gasteiger partial charge in [0.25, 0.3) is 0 Å². The van der Waals surface area contributed by atoms with Crippen LogP contribution in [0.15, 0.2) is 0 Å². The smallest absolute Gasteiger partial charge is 0.0270 e. The van der Waals surface area contributed by atoms with Crippen LogP contribution in [0.25, 0.3) is 0 Å². The van der Waals surface area contributed by atoms with Crippen LogP contribution in [0, 0.1) is 18.3 Å². The van der Waals surface area contributed by atoms with E-state index in [1.807, 2.05) is 26.7 Å². The highest BCUT2D eigenvalue weighted by Crippen LogP contribution is 2.34. The largest absolute Gasteiger partial charge is 0.0594 e. The van der Waals surface area contributed by atoms with Crippen LogP contribution >= 0.6 is 0 Å². The summed E-state index contributed by atoms with van der Waals surface area (Å²) in [6.45, 7) is 4.06. The van der Waals surface area contributed by atoms with Crippen LogP contribution in [0.1, 0.15) is 29.4 Å². The molecule has 2 radical (unpaired) electrons. The Kier molecular flexibility index (Phi) is 0.667. The van der Waals surface area contributed by atoms with Crippen LogP contribution < -0.4 is 0 Å². The molecule has 40 valence electrons. The van der Waals surface area contributed by atoms with Gasteiger partial charge in [-0.15, -0.1) is 0 Å². The molecule has 0 spiro atoms. The maximum absolute atomic E-state index is 7.32. The predicted molar refractivity (Wildman–Crippen MR) is 31.6 cm³/mol. The molecule has 1 aliphatic carbocycles. The van der Waals surface area contributed by atoms with Gasteiger partial charge in [-0.1, -0.05) is 13.8 Å². The third-order valence-electron chi connectivity index (χ3n) is 1.16. The second-order valence-electron chi connectivity index (χ2n) is 2.54. The van der Waals surface area contributed by atoms with Crippen molar-refractivity contribution in [3.63, 3.8) is 0 Å². The molecule has 0 aromatic heterocycles. The highest BCUT2D eigenvalue weighted by Gasteiger charge is 2.22. The number of rotatable bonds is 0. The van der Waals surface area contributed by atoms with E-state index < -0.39 is 0 Å². The zero-order valence-corrected chi connectivity index (χ0v) is 4.81. The highest BCUT2D eigenvalue weighted by atomic mass is 14.3. The fourth-order valence-corrected chi connectivity index (χ4v) is 0.663. The van der Waals surface area contributed by atoms with Gasteiger partial charge in [-0.25, -0.2) is 0 Å². The minimum absolute atomic E-state index is 0.0127. The Hall–Kier alpha value is 0. The van der Waals surface area contributed by atoms with Crippen molar-refractivity contribution in [1.29, 1.82) is 0 Å². The van der Waals surface area contributed by atoms with Gasteiger partial charge in [0.15, 0.2) is 0 Å². The van der Waals surface area contributed by atoms with Crippen molar-refractivity contribution in [2.45, 2.75) is 26.6 Å². The van der Waals surface area contributed by atoms with Crippen LogP contribution in [-0.4, -0.2) is 0 Å². The number of hydrogen-bond acceptors (Lipinski definition) is 0. The average Bonchev–Trinajstić information content (AvgIpc) is 1.79. The van der Waals surface area contributed by atoms with Crippen molar-refractivity contribution >= 4 is 0 Å². The van der Waals surface area contributed by atoms with Gasteiger partial charge >= 0.3 is 0 Å². The Morgan fingerprint density at radius 2 is 1.86 bits per heavy atom. The Bertz CT molecular complexity index is 97.5. The number of hydrogen-bond donors (Lipinski definition) is 0. The van der Waals surface area contributed by atoms with Gasteiger partial charge in [-0.05, 0) is 31.1 Å². The first-order valence-corrected chi connectivity index (χ1v) is 2.58. The first kappa shape index (κ1) is 3.11. The standard InChI is InChI=1S/C7H12/c1-7(2)5-3-4-6-7/h5-6H,3-4H2,1-2H3/i3D,4D/t3-,4+. The van der Waals surface area contributed by atoms with Gasteiger partial charge in [0.1, 0.15) is 0 Å². The van der Waals surface area contributed by atoms with Crippen LogP contribution in [0.5, 0.6) is 0 Å². The van der Waals surface area contributed by atoms with Gasteiger partial charge in [0.2, 0.25) is 0 Å². The first-order chi connectivity index (χ1) is 4.01. The molecule has 0 aliphatic heterocycles. The molecule has 0 N–H and O–H groups in total. The zero-order chi connectivity index (χ0) is 7.07. The first-order valence-electron chi connectivity index (χ1n) is 3.73. The molecule has 0 aromatic rings. The van der Waals surface area contributed by atoms with Crippen LogP contribution in [-0.2, 0) is 0 Å². The molecule has 0 unspecified atom stereocenters. The lowest BCUT2D eigenvalue weighted by Gasteiger charge is -2.13. The monoisotopic (exact) mass is 98.1 g/mol. The maximum atomic E-state index is 7.32. The average molecular weight is 98.2 g/mol. The summed E-state index contributed by atoms with van der Waals surface area (Å²) in [6.07, 6.45) is 3.20. The Balaban J connectivity index is 2.54. The summed E-state index contributed by atoms with van der Waals surface area (Å²) in [6, 6.07) is 0. The lowest BCUT2D eigenvalue weighted by molar-refractivity contribution is 0.556. The Labute approximate surface area is 48.7 Å². The van der Waals surface area contributed by atoms with Gasteiger partial charge in [-0.3, -0.25) is 0 Å². The van der Waals surface area contributed by atoms with Crippen LogP contribution in [0.4, 0.5) is 0 Å². The fourth-order valence-electron chi connectivity index (χ4n) is 0.663. The predicted octanol–water partition coefficient (Wildman–Crippen LogP) is 2.21. The van der Waals surface area contributed by atoms with Crippen molar-refractivity contribution in [3.8, 4) is 0 Å². The van der Waals surface area contributed by atoms with E-state index in [9.17, 15) is 0 Å². The Morgan fingerprint density at radius 3 is 2.00 bits per heavy atom. The van der Waals surface area contributed by atoms with E-state index in [0.29, 0.717) is 0 Å². The highest BCUT2D eigenvalue weighted by molar-refractivity contribution is 5.02. The minimum atomic E-state index is -0.306. The molecular weight excluding hydrogens is 84.1 g/mol. The molecule has 0 amide bonds. The molecule has 1 fully saturated rings. The van der Waals surface area contributed by atoms with Gasteiger partial charge < -0.3 is 0 Å². The molecule has 0 nitrogen and oxygen atoms in total. The molecule has 0 bridgehead atoms. The molecular formula is C7H12. The molecule has 1 saturated carbocycles. The summed E-state index contributed by atoms with van der Waals surface area (Å²) in [4.78, 5) is 0. The minimum Gasteiger partial charge on any atom is -0.0594 e. The molecule has 0 aromatic carbocycles.